The second kappa shape index (κ2) is 7.00. The van der Waals surface area contributed by atoms with Gasteiger partial charge in [0.2, 0.25) is 0 Å². The van der Waals surface area contributed by atoms with Gasteiger partial charge in [-0.2, -0.15) is 9.97 Å². The lowest BCUT2D eigenvalue weighted by Crippen LogP contribution is -2.38. The van der Waals surface area contributed by atoms with Crippen LogP contribution in [0.4, 0.5) is 5.82 Å². The summed E-state index contributed by atoms with van der Waals surface area (Å²) in [4.78, 5) is 11.1. The predicted octanol–water partition coefficient (Wildman–Crippen LogP) is 1.83. The highest BCUT2D eigenvalue weighted by molar-refractivity contribution is 6.37. The van der Waals surface area contributed by atoms with Crippen molar-refractivity contribution in [1.29, 1.82) is 0 Å². The Morgan fingerprint density at radius 2 is 2.00 bits per heavy atom. The van der Waals surface area contributed by atoms with E-state index in [2.05, 4.69) is 21.4 Å². The zero-order valence-corrected chi connectivity index (χ0v) is 13.8. The van der Waals surface area contributed by atoms with Crippen LogP contribution in [-0.2, 0) is 4.74 Å². The molecule has 0 spiro atoms. The van der Waals surface area contributed by atoms with Gasteiger partial charge in [0.15, 0.2) is 18.8 Å². The van der Waals surface area contributed by atoms with Crippen molar-refractivity contribution in [3.05, 3.63) is 12.3 Å². The lowest BCUT2D eigenvalue weighted by atomic mass is 9.65. The highest BCUT2D eigenvalue weighted by atomic mass is 16.5. The molecular weight excluding hydrogens is 281 g/mol. The molecule has 6 nitrogen and oxygen atoms in total. The molecule has 1 saturated heterocycles. The largest absolute Gasteiger partial charge is 0.491 e. The normalized spacial score (nSPS) is 15.4. The van der Waals surface area contributed by atoms with Gasteiger partial charge in [-0.25, -0.2) is 0 Å². The molecule has 0 aliphatic carbocycles. The number of morpholine rings is 1. The number of aromatic nitrogens is 2. The summed E-state index contributed by atoms with van der Waals surface area (Å²) in [5, 5.41) is 0. The Labute approximate surface area is 132 Å². The fourth-order valence-corrected chi connectivity index (χ4v) is 2.10. The molecule has 119 valence electrons. The Kier molecular flexibility index (Phi) is 5.29. The van der Waals surface area contributed by atoms with Crippen molar-refractivity contribution in [3.8, 4) is 11.8 Å². The van der Waals surface area contributed by atoms with Gasteiger partial charge in [0.1, 0.15) is 5.69 Å². The quantitative estimate of drug-likeness (QED) is 0.747. The summed E-state index contributed by atoms with van der Waals surface area (Å²) >= 11 is 0. The SMILES string of the molecule is C=Cc1nc(OC(C)(C)[B]C)nc(N2CCOCC2)c1OC. The van der Waals surface area contributed by atoms with Crippen LogP contribution in [0.25, 0.3) is 6.08 Å². The number of anilines is 1. The molecule has 22 heavy (non-hydrogen) atoms. The zero-order chi connectivity index (χ0) is 16.2. The van der Waals surface area contributed by atoms with Crippen molar-refractivity contribution in [2.45, 2.75) is 26.2 Å². The predicted molar refractivity (Wildman–Crippen MR) is 88.0 cm³/mol. The van der Waals surface area contributed by atoms with Crippen molar-refractivity contribution >= 4 is 19.2 Å². The molecule has 2 rings (SSSR count). The Balaban J connectivity index is 2.42. The molecule has 1 aromatic heterocycles. The van der Waals surface area contributed by atoms with E-state index < -0.39 is 5.50 Å². The number of rotatable bonds is 6. The molecule has 0 atom stereocenters. The number of hydrogen-bond donors (Lipinski definition) is 0. The van der Waals surface area contributed by atoms with Crippen LogP contribution in [0.5, 0.6) is 11.8 Å². The summed E-state index contributed by atoms with van der Waals surface area (Å²) in [7, 11) is 3.57. The van der Waals surface area contributed by atoms with E-state index in [4.69, 9.17) is 14.2 Å². The van der Waals surface area contributed by atoms with Gasteiger partial charge in [0.25, 0.3) is 0 Å². The molecule has 0 N–H and O–H groups in total. The molecule has 0 saturated carbocycles. The lowest BCUT2D eigenvalue weighted by Gasteiger charge is -2.30. The molecule has 1 aliphatic heterocycles. The fourth-order valence-electron chi connectivity index (χ4n) is 2.10. The third-order valence-electron chi connectivity index (χ3n) is 3.61. The third kappa shape index (κ3) is 3.71. The number of methoxy groups -OCH3 is 1. The summed E-state index contributed by atoms with van der Waals surface area (Å²) in [6.07, 6.45) is 1.65. The minimum Gasteiger partial charge on any atom is -0.491 e. The van der Waals surface area contributed by atoms with Crippen molar-refractivity contribution in [1.82, 2.24) is 9.97 Å². The first kappa shape index (κ1) is 16.6. The number of hydrogen-bond acceptors (Lipinski definition) is 6. The molecular formula is C15H23BN3O3. The molecule has 1 aliphatic rings. The minimum atomic E-state index is -0.449. The van der Waals surface area contributed by atoms with Gasteiger partial charge in [-0.05, 0) is 19.9 Å². The van der Waals surface area contributed by atoms with Gasteiger partial charge in [0, 0.05) is 13.1 Å². The topological polar surface area (TPSA) is 56.7 Å². The van der Waals surface area contributed by atoms with Crippen LogP contribution in [0, 0.1) is 0 Å². The van der Waals surface area contributed by atoms with Crippen molar-refractivity contribution < 1.29 is 14.2 Å². The van der Waals surface area contributed by atoms with Crippen molar-refractivity contribution in [2.24, 2.45) is 0 Å². The molecule has 0 unspecified atom stereocenters. The van der Waals surface area contributed by atoms with E-state index in [0.717, 1.165) is 18.9 Å². The first-order chi connectivity index (χ1) is 10.5. The molecule has 0 aromatic carbocycles. The van der Waals surface area contributed by atoms with Crippen LogP contribution < -0.4 is 14.4 Å². The molecule has 1 aromatic rings. The summed E-state index contributed by atoms with van der Waals surface area (Å²) in [6.45, 7) is 12.5. The average Bonchev–Trinajstić information content (AvgIpc) is 2.54. The molecule has 1 radical (unpaired) electrons. The van der Waals surface area contributed by atoms with Crippen LogP contribution in [0.1, 0.15) is 19.5 Å². The Morgan fingerprint density at radius 1 is 1.32 bits per heavy atom. The van der Waals surface area contributed by atoms with Crippen LogP contribution in [-0.4, -0.2) is 56.2 Å². The molecule has 7 heteroatoms. The van der Waals surface area contributed by atoms with Gasteiger partial charge in [0.05, 0.1) is 25.8 Å². The van der Waals surface area contributed by atoms with Crippen molar-refractivity contribution in [2.75, 3.05) is 38.3 Å². The highest BCUT2D eigenvalue weighted by Crippen LogP contribution is 2.32. The summed E-state index contributed by atoms with van der Waals surface area (Å²) in [6, 6.07) is 0.320. The Morgan fingerprint density at radius 3 is 2.55 bits per heavy atom. The molecule has 0 amide bonds. The van der Waals surface area contributed by atoms with Gasteiger partial charge in [-0.3, -0.25) is 0 Å². The van der Waals surface area contributed by atoms with Crippen LogP contribution in [0.3, 0.4) is 0 Å². The third-order valence-corrected chi connectivity index (χ3v) is 3.61. The second-order valence-electron chi connectivity index (χ2n) is 5.55. The lowest BCUT2D eigenvalue weighted by molar-refractivity contribution is 0.121. The Hall–Kier alpha value is -1.76. The van der Waals surface area contributed by atoms with E-state index in [1.807, 2.05) is 28.0 Å². The second-order valence-corrected chi connectivity index (χ2v) is 5.55. The monoisotopic (exact) mass is 304 g/mol. The summed E-state index contributed by atoms with van der Waals surface area (Å²) in [5.74, 6) is 1.33. The van der Waals surface area contributed by atoms with Gasteiger partial charge in [-0.15, -0.1) is 0 Å². The standard InChI is InChI=1S/C15H23BN3O3/c1-6-11-12(20-5)13(19-7-9-21-10-8-19)18-14(17-11)22-15(2,3)16-4/h6H,1,7-10H2,2-5H3. The minimum absolute atomic E-state index is 0.320. The smallest absolute Gasteiger partial charge is 0.318 e. The van der Waals surface area contributed by atoms with Crippen molar-refractivity contribution in [3.63, 3.8) is 0 Å². The summed E-state index contributed by atoms with van der Waals surface area (Å²) < 4.78 is 16.8. The average molecular weight is 304 g/mol. The zero-order valence-electron chi connectivity index (χ0n) is 13.8. The maximum atomic E-state index is 5.89. The molecule has 2 heterocycles. The maximum Gasteiger partial charge on any atom is 0.318 e. The van der Waals surface area contributed by atoms with Gasteiger partial charge in [-0.1, -0.05) is 13.4 Å². The van der Waals surface area contributed by atoms with E-state index in [1.54, 1.807) is 13.2 Å². The number of nitrogens with zero attached hydrogens (tertiary/aromatic N) is 3. The maximum absolute atomic E-state index is 5.89. The van der Waals surface area contributed by atoms with E-state index in [-0.39, 0.29) is 0 Å². The van der Waals surface area contributed by atoms with Gasteiger partial charge < -0.3 is 19.1 Å². The van der Waals surface area contributed by atoms with E-state index >= 15 is 0 Å². The first-order valence-corrected chi connectivity index (χ1v) is 7.41. The van der Waals surface area contributed by atoms with Crippen LogP contribution in [0.2, 0.25) is 6.82 Å². The van der Waals surface area contributed by atoms with Crippen LogP contribution in [0.15, 0.2) is 6.58 Å². The van der Waals surface area contributed by atoms with E-state index in [1.165, 1.54) is 0 Å². The highest BCUT2D eigenvalue weighted by Gasteiger charge is 2.25. The van der Waals surface area contributed by atoms with E-state index in [0.29, 0.717) is 30.7 Å². The Bertz CT molecular complexity index is 531. The van der Waals surface area contributed by atoms with Gasteiger partial charge >= 0.3 is 6.01 Å². The molecule has 1 fully saturated rings. The van der Waals surface area contributed by atoms with Crippen LogP contribution >= 0.6 is 0 Å². The fraction of sp³-hybridized carbons (Fsp3) is 0.600. The van der Waals surface area contributed by atoms with E-state index in [9.17, 15) is 0 Å². The first-order valence-electron chi connectivity index (χ1n) is 7.41. The number of ether oxygens (including phenoxy) is 3. The molecule has 0 bridgehead atoms. The summed E-state index contributed by atoms with van der Waals surface area (Å²) in [5.41, 5.74) is 0.177.